The van der Waals surface area contributed by atoms with E-state index in [0.717, 1.165) is 41.8 Å². The highest BCUT2D eigenvalue weighted by atomic mass is 16.5. The summed E-state index contributed by atoms with van der Waals surface area (Å²) in [6, 6.07) is 14.1. The number of amides is 1. The molecular weight excluding hydrogens is 378 g/mol. The number of rotatable bonds is 7. The number of aryl methyl sites for hydroxylation is 1. The number of anilines is 1. The Bertz CT molecular complexity index is 1040. The lowest BCUT2D eigenvalue weighted by Gasteiger charge is -2.23. The first-order chi connectivity index (χ1) is 14.5. The van der Waals surface area contributed by atoms with Crippen LogP contribution in [0.25, 0.3) is 10.9 Å². The Morgan fingerprint density at radius 1 is 1.30 bits per heavy atom. The Balaban J connectivity index is 1.38. The molecule has 1 aromatic heterocycles. The fourth-order valence-electron chi connectivity index (χ4n) is 4.28. The van der Waals surface area contributed by atoms with E-state index in [9.17, 15) is 9.90 Å². The molecule has 2 aromatic carbocycles. The van der Waals surface area contributed by atoms with E-state index in [1.165, 1.54) is 16.6 Å². The second kappa shape index (κ2) is 8.79. The Labute approximate surface area is 176 Å². The second-order valence-corrected chi connectivity index (χ2v) is 7.97. The highest BCUT2D eigenvalue weighted by Crippen LogP contribution is 2.31. The van der Waals surface area contributed by atoms with Gasteiger partial charge in [-0.2, -0.15) is 0 Å². The van der Waals surface area contributed by atoms with Gasteiger partial charge in [0.05, 0.1) is 6.10 Å². The summed E-state index contributed by atoms with van der Waals surface area (Å²) in [6.45, 7) is 4.50. The Morgan fingerprint density at radius 2 is 2.13 bits per heavy atom. The zero-order valence-corrected chi connectivity index (χ0v) is 17.5. The van der Waals surface area contributed by atoms with Gasteiger partial charge in [-0.3, -0.25) is 4.79 Å². The van der Waals surface area contributed by atoms with Crippen molar-refractivity contribution in [1.82, 2.24) is 10.3 Å². The minimum Gasteiger partial charge on any atom is -0.492 e. The maximum atomic E-state index is 11.4. The van der Waals surface area contributed by atoms with Crippen molar-refractivity contribution in [2.75, 3.05) is 18.5 Å². The van der Waals surface area contributed by atoms with Crippen LogP contribution in [0.2, 0.25) is 0 Å². The minimum atomic E-state index is -0.513. The normalized spacial score (nSPS) is 16.7. The number of carbonyl (C=O) groups is 1. The molecule has 6 heteroatoms. The molecule has 0 saturated heterocycles. The third-order valence-corrected chi connectivity index (χ3v) is 5.66. The fourth-order valence-corrected chi connectivity index (χ4v) is 4.28. The maximum Gasteiger partial charge on any atom is 0.217 e. The molecule has 0 fully saturated rings. The number of aliphatic hydroxyl groups is 1. The summed E-state index contributed by atoms with van der Waals surface area (Å²) in [5.41, 5.74) is 5.46. The zero-order chi connectivity index (χ0) is 21.1. The summed E-state index contributed by atoms with van der Waals surface area (Å²) in [6.07, 6.45) is 2.25. The van der Waals surface area contributed by atoms with Gasteiger partial charge in [0.1, 0.15) is 12.4 Å². The summed E-state index contributed by atoms with van der Waals surface area (Å²) in [5, 5.41) is 17.5. The van der Waals surface area contributed by atoms with E-state index >= 15 is 0 Å². The molecule has 2 unspecified atom stereocenters. The van der Waals surface area contributed by atoms with E-state index in [1.807, 2.05) is 36.4 Å². The van der Waals surface area contributed by atoms with Crippen molar-refractivity contribution in [3.8, 4) is 5.75 Å². The molecule has 1 amide bonds. The SMILES string of the molecule is CC(=O)NC1CCc2[nH]c3cc(OCCNc4ccccc4C(C)O)ccc3c2C1. The molecule has 3 aromatic rings. The Kier molecular flexibility index (Phi) is 5.95. The van der Waals surface area contributed by atoms with Crippen molar-refractivity contribution >= 4 is 22.5 Å². The number of nitrogens with one attached hydrogen (secondary N) is 3. The van der Waals surface area contributed by atoms with Crippen LogP contribution in [0, 0.1) is 0 Å². The lowest BCUT2D eigenvalue weighted by Crippen LogP contribution is -2.37. The van der Waals surface area contributed by atoms with Gasteiger partial charge in [-0.05, 0) is 49.9 Å². The van der Waals surface area contributed by atoms with E-state index < -0.39 is 6.10 Å². The van der Waals surface area contributed by atoms with Crippen LogP contribution in [0.3, 0.4) is 0 Å². The molecule has 158 valence electrons. The van der Waals surface area contributed by atoms with Gasteiger partial charge in [-0.25, -0.2) is 0 Å². The van der Waals surface area contributed by atoms with Crippen LogP contribution in [0.1, 0.15) is 43.2 Å². The van der Waals surface area contributed by atoms with Crippen molar-refractivity contribution in [3.05, 3.63) is 59.3 Å². The fraction of sp³-hybridized carbons (Fsp3) is 0.375. The van der Waals surface area contributed by atoms with Gasteiger partial charge in [-0.1, -0.05) is 18.2 Å². The van der Waals surface area contributed by atoms with Gasteiger partial charge in [0, 0.05) is 53.4 Å². The number of carbonyl (C=O) groups excluding carboxylic acids is 1. The summed E-state index contributed by atoms with van der Waals surface area (Å²) in [4.78, 5) is 14.9. The lowest BCUT2D eigenvalue weighted by molar-refractivity contribution is -0.119. The van der Waals surface area contributed by atoms with Crippen LogP contribution in [0.5, 0.6) is 5.75 Å². The van der Waals surface area contributed by atoms with Gasteiger partial charge >= 0.3 is 0 Å². The van der Waals surface area contributed by atoms with Crippen molar-refractivity contribution < 1.29 is 14.6 Å². The van der Waals surface area contributed by atoms with E-state index in [0.29, 0.717) is 13.2 Å². The molecule has 0 bridgehead atoms. The number of fused-ring (bicyclic) bond motifs is 3. The first-order valence-electron chi connectivity index (χ1n) is 10.6. The van der Waals surface area contributed by atoms with Crippen molar-refractivity contribution in [3.63, 3.8) is 0 Å². The van der Waals surface area contributed by atoms with Gasteiger partial charge in [0.15, 0.2) is 0 Å². The first kappa shape index (κ1) is 20.3. The van der Waals surface area contributed by atoms with E-state index in [2.05, 4.69) is 21.7 Å². The lowest BCUT2D eigenvalue weighted by atomic mass is 9.91. The van der Waals surface area contributed by atoms with Crippen LogP contribution < -0.4 is 15.4 Å². The molecular formula is C24H29N3O3. The molecule has 1 heterocycles. The van der Waals surface area contributed by atoms with Crippen LogP contribution in [0.15, 0.2) is 42.5 Å². The average Bonchev–Trinajstić information content (AvgIpc) is 3.08. The highest BCUT2D eigenvalue weighted by Gasteiger charge is 2.23. The number of aliphatic hydroxyl groups excluding tert-OH is 1. The number of hydrogen-bond donors (Lipinski definition) is 4. The summed E-state index contributed by atoms with van der Waals surface area (Å²) in [7, 11) is 0. The zero-order valence-electron chi connectivity index (χ0n) is 17.5. The number of aromatic nitrogens is 1. The molecule has 0 aliphatic heterocycles. The van der Waals surface area contributed by atoms with Crippen molar-refractivity contribution in [2.24, 2.45) is 0 Å². The number of aromatic amines is 1. The highest BCUT2D eigenvalue weighted by molar-refractivity contribution is 5.86. The standard InChI is InChI=1S/C24H29N3O3/c1-15(28)19-5-3-4-6-22(19)25-11-12-30-18-8-9-20-21-13-17(26-16(2)29)7-10-23(21)27-24(20)14-18/h3-6,8-9,14-15,17,25,27-28H,7,10-13H2,1-2H3,(H,26,29). The third kappa shape index (κ3) is 4.44. The van der Waals surface area contributed by atoms with Crippen LogP contribution >= 0.6 is 0 Å². The summed E-state index contributed by atoms with van der Waals surface area (Å²) in [5.74, 6) is 0.855. The average molecular weight is 408 g/mol. The molecule has 4 N–H and O–H groups in total. The van der Waals surface area contributed by atoms with Crippen LogP contribution in [-0.4, -0.2) is 35.2 Å². The van der Waals surface area contributed by atoms with Crippen molar-refractivity contribution in [1.29, 1.82) is 0 Å². The topological polar surface area (TPSA) is 86.4 Å². The largest absolute Gasteiger partial charge is 0.492 e. The molecule has 0 saturated carbocycles. The summed E-state index contributed by atoms with van der Waals surface area (Å²) >= 11 is 0. The Hall–Kier alpha value is -2.99. The summed E-state index contributed by atoms with van der Waals surface area (Å²) < 4.78 is 5.94. The van der Waals surface area contributed by atoms with E-state index in [-0.39, 0.29) is 11.9 Å². The molecule has 0 radical (unpaired) electrons. The molecule has 1 aliphatic carbocycles. The van der Waals surface area contributed by atoms with E-state index in [4.69, 9.17) is 4.74 Å². The molecule has 2 atom stereocenters. The molecule has 4 rings (SSSR count). The van der Waals surface area contributed by atoms with Crippen molar-refractivity contribution in [2.45, 2.75) is 45.3 Å². The number of H-pyrrole nitrogens is 1. The van der Waals surface area contributed by atoms with E-state index in [1.54, 1.807) is 13.8 Å². The van der Waals surface area contributed by atoms with Gasteiger partial charge in [0.25, 0.3) is 0 Å². The molecule has 1 aliphatic rings. The molecule has 6 nitrogen and oxygen atoms in total. The van der Waals surface area contributed by atoms with Crippen LogP contribution in [0.4, 0.5) is 5.69 Å². The first-order valence-corrected chi connectivity index (χ1v) is 10.6. The number of ether oxygens (including phenoxy) is 1. The predicted octanol–water partition coefficient (Wildman–Crippen LogP) is 3.71. The monoisotopic (exact) mass is 407 g/mol. The quantitative estimate of drug-likeness (QED) is 0.450. The number of benzene rings is 2. The molecule has 30 heavy (non-hydrogen) atoms. The van der Waals surface area contributed by atoms with Gasteiger partial charge < -0.3 is 25.5 Å². The minimum absolute atomic E-state index is 0.0312. The number of para-hydroxylation sites is 1. The van der Waals surface area contributed by atoms with Gasteiger partial charge in [-0.15, -0.1) is 0 Å². The smallest absolute Gasteiger partial charge is 0.217 e. The second-order valence-electron chi connectivity index (χ2n) is 7.97. The molecule has 0 spiro atoms. The number of hydrogen-bond acceptors (Lipinski definition) is 4. The van der Waals surface area contributed by atoms with Gasteiger partial charge in [0.2, 0.25) is 5.91 Å². The Morgan fingerprint density at radius 3 is 2.93 bits per heavy atom. The third-order valence-electron chi connectivity index (χ3n) is 5.66. The maximum absolute atomic E-state index is 11.4. The predicted molar refractivity (Wildman–Crippen MR) is 119 cm³/mol. The van der Waals surface area contributed by atoms with Crippen LogP contribution in [-0.2, 0) is 17.6 Å².